The second kappa shape index (κ2) is 8.09. The van der Waals surface area contributed by atoms with Crippen molar-refractivity contribution in [3.63, 3.8) is 0 Å². The van der Waals surface area contributed by atoms with Crippen LogP contribution < -0.4 is 15.5 Å². The van der Waals surface area contributed by atoms with E-state index in [4.69, 9.17) is 0 Å². The molecular weight excluding hydrogens is 376 g/mol. The lowest BCUT2D eigenvalue weighted by atomic mass is 10.1. The van der Waals surface area contributed by atoms with Gasteiger partial charge in [0.2, 0.25) is 17.7 Å². The van der Waals surface area contributed by atoms with Crippen LogP contribution in [-0.4, -0.2) is 29.2 Å². The summed E-state index contributed by atoms with van der Waals surface area (Å²) in [4.78, 5) is 48.2. The Bertz CT molecular complexity index is 987. The molecule has 29 heavy (non-hydrogen) atoms. The number of anilines is 3. The molecule has 0 radical (unpaired) electrons. The highest BCUT2D eigenvalue weighted by molar-refractivity contribution is 6.04. The monoisotopic (exact) mass is 396 g/mol. The third-order valence-electron chi connectivity index (χ3n) is 4.75. The van der Waals surface area contributed by atoms with Gasteiger partial charge < -0.3 is 15.5 Å². The molecule has 2 aromatic carbocycles. The molecule has 9 nitrogen and oxygen atoms in total. The molecule has 2 aromatic rings. The first kappa shape index (κ1) is 20.0. The molecule has 0 aromatic heterocycles. The summed E-state index contributed by atoms with van der Waals surface area (Å²) in [6.45, 7) is 3.18. The SMILES string of the molecule is CC(=O)Nc1ccc(N2CC(C(=O)Nc3cccc([N+](=O)[O-])c3C)CC2=O)cc1. The van der Waals surface area contributed by atoms with E-state index in [0.717, 1.165) is 0 Å². The van der Waals surface area contributed by atoms with Gasteiger partial charge in [-0.3, -0.25) is 24.5 Å². The predicted molar refractivity (Wildman–Crippen MR) is 108 cm³/mol. The highest BCUT2D eigenvalue weighted by Gasteiger charge is 2.35. The highest BCUT2D eigenvalue weighted by atomic mass is 16.6. The van der Waals surface area contributed by atoms with Gasteiger partial charge in [-0.15, -0.1) is 0 Å². The van der Waals surface area contributed by atoms with Crippen molar-refractivity contribution in [2.75, 3.05) is 22.1 Å². The molecule has 1 atom stereocenters. The third-order valence-corrected chi connectivity index (χ3v) is 4.75. The molecule has 1 fully saturated rings. The van der Waals surface area contributed by atoms with E-state index in [1.54, 1.807) is 37.3 Å². The van der Waals surface area contributed by atoms with Crippen LogP contribution in [0.1, 0.15) is 18.9 Å². The molecule has 1 unspecified atom stereocenters. The van der Waals surface area contributed by atoms with Gasteiger partial charge in [0.1, 0.15) is 0 Å². The molecule has 9 heteroatoms. The van der Waals surface area contributed by atoms with Crippen LogP contribution in [0.4, 0.5) is 22.7 Å². The van der Waals surface area contributed by atoms with Crippen molar-refractivity contribution in [1.29, 1.82) is 0 Å². The number of carbonyl (C=O) groups excluding carboxylic acids is 3. The highest BCUT2D eigenvalue weighted by Crippen LogP contribution is 2.29. The van der Waals surface area contributed by atoms with Gasteiger partial charge in [0.15, 0.2) is 0 Å². The van der Waals surface area contributed by atoms with Gasteiger partial charge in [-0.1, -0.05) is 6.07 Å². The normalized spacial score (nSPS) is 15.9. The minimum atomic E-state index is -0.573. The molecule has 0 spiro atoms. The number of benzene rings is 2. The average Bonchev–Trinajstić information content (AvgIpc) is 3.05. The number of nitro groups is 1. The number of rotatable bonds is 5. The Morgan fingerprint density at radius 1 is 1.14 bits per heavy atom. The maximum atomic E-state index is 12.6. The van der Waals surface area contributed by atoms with E-state index in [-0.39, 0.29) is 36.4 Å². The van der Waals surface area contributed by atoms with Gasteiger partial charge >= 0.3 is 0 Å². The third kappa shape index (κ3) is 4.40. The Balaban J connectivity index is 1.70. The second-order valence-corrected chi connectivity index (χ2v) is 6.83. The summed E-state index contributed by atoms with van der Waals surface area (Å²) in [6.07, 6.45) is 0.0489. The molecule has 1 saturated heterocycles. The van der Waals surface area contributed by atoms with Gasteiger partial charge in [0, 0.05) is 37.3 Å². The molecule has 3 rings (SSSR count). The van der Waals surface area contributed by atoms with Crippen LogP contribution in [-0.2, 0) is 14.4 Å². The second-order valence-electron chi connectivity index (χ2n) is 6.83. The maximum Gasteiger partial charge on any atom is 0.274 e. The molecule has 1 heterocycles. The van der Waals surface area contributed by atoms with Crippen molar-refractivity contribution in [2.24, 2.45) is 5.92 Å². The maximum absolute atomic E-state index is 12.6. The van der Waals surface area contributed by atoms with Crippen molar-refractivity contribution in [1.82, 2.24) is 0 Å². The number of carbonyl (C=O) groups is 3. The molecule has 0 saturated carbocycles. The Kier molecular flexibility index (Phi) is 5.58. The Morgan fingerprint density at radius 3 is 2.45 bits per heavy atom. The summed E-state index contributed by atoms with van der Waals surface area (Å²) in [5, 5.41) is 16.4. The molecule has 0 bridgehead atoms. The van der Waals surface area contributed by atoms with Crippen LogP contribution in [0.5, 0.6) is 0 Å². The molecule has 1 aliphatic rings. The van der Waals surface area contributed by atoms with Crippen LogP contribution in [0.2, 0.25) is 0 Å². The number of nitro benzene ring substituents is 1. The fraction of sp³-hybridized carbons (Fsp3) is 0.250. The summed E-state index contributed by atoms with van der Waals surface area (Å²) >= 11 is 0. The Labute approximate surface area is 166 Å². The zero-order valence-electron chi connectivity index (χ0n) is 16.0. The topological polar surface area (TPSA) is 122 Å². The first-order chi connectivity index (χ1) is 13.8. The molecule has 1 aliphatic heterocycles. The number of nitrogens with zero attached hydrogens (tertiary/aromatic N) is 2. The van der Waals surface area contributed by atoms with Gasteiger partial charge in [-0.25, -0.2) is 0 Å². The summed E-state index contributed by atoms with van der Waals surface area (Å²) in [5.74, 6) is -1.31. The van der Waals surface area contributed by atoms with Crippen LogP contribution in [0.15, 0.2) is 42.5 Å². The van der Waals surface area contributed by atoms with Crippen molar-refractivity contribution in [3.05, 3.63) is 58.1 Å². The fourth-order valence-corrected chi connectivity index (χ4v) is 3.25. The molecule has 3 amide bonds. The minimum Gasteiger partial charge on any atom is -0.326 e. The van der Waals surface area contributed by atoms with Gasteiger partial charge in [0.25, 0.3) is 5.69 Å². The smallest absolute Gasteiger partial charge is 0.274 e. The van der Waals surface area contributed by atoms with Gasteiger partial charge in [-0.2, -0.15) is 0 Å². The summed E-state index contributed by atoms with van der Waals surface area (Å²) in [7, 11) is 0. The molecule has 2 N–H and O–H groups in total. The summed E-state index contributed by atoms with van der Waals surface area (Å²) < 4.78 is 0. The van der Waals surface area contributed by atoms with E-state index in [1.165, 1.54) is 24.0 Å². The van der Waals surface area contributed by atoms with Crippen molar-refractivity contribution >= 4 is 40.5 Å². The van der Waals surface area contributed by atoms with Crippen molar-refractivity contribution in [2.45, 2.75) is 20.3 Å². The summed E-state index contributed by atoms with van der Waals surface area (Å²) in [6, 6.07) is 11.2. The zero-order valence-corrected chi connectivity index (χ0v) is 16.0. The standard InChI is InChI=1S/C20H20N4O5/c1-12-17(4-3-5-18(12)24(28)29)22-20(27)14-10-19(26)23(11-14)16-8-6-15(7-9-16)21-13(2)25/h3-9,14H,10-11H2,1-2H3,(H,21,25)(H,22,27). The van der Waals surface area contributed by atoms with Crippen LogP contribution in [0, 0.1) is 23.0 Å². The van der Waals surface area contributed by atoms with E-state index in [1.807, 2.05) is 0 Å². The van der Waals surface area contributed by atoms with Gasteiger partial charge in [0.05, 0.1) is 22.1 Å². The lowest BCUT2D eigenvalue weighted by molar-refractivity contribution is -0.385. The number of hydrogen-bond donors (Lipinski definition) is 2. The quantitative estimate of drug-likeness (QED) is 0.594. The van der Waals surface area contributed by atoms with E-state index in [0.29, 0.717) is 22.6 Å². The fourth-order valence-electron chi connectivity index (χ4n) is 3.25. The number of nitrogens with one attached hydrogen (secondary N) is 2. The van der Waals surface area contributed by atoms with Crippen LogP contribution >= 0.6 is 0 Å². The van der Waals surface area contributed by atoms with Crippen molar-refractivity contribution in [3.8, 4) is 0 Å². The largest absolute Gasteiger partial charge is 0.326 e. The van der Waals surface area contributed by atoms with E-state index in [2.05, 4.69) is 10.6 Å². The Morgan fingerprint density at radius 2 is 1.83 bits per heavy atom. The number of hydrogen-bond acceptors (Lipinski definition) is 5. The summed E-state index contributed by atoms with van der Waals surface area (Å²) in [5.41, 5.74) is 1.89. The molecule has 150 valence electrons. The van der Waals surface area contributed by atoms with Crippen molar-refractivity contribution < 1.29 is 19.3 Å². The zero-order chi connectivity index (χ0) is 21.1. The first-order valence-electron chi connectivity index (χ1n) is 8.99. The Hall–Kier alpha value is -3.75. The van der Waals surface area contributed by atoms with Crippen LogP contribution in [0.3, 0.4) is 0 Å². The van der Waals surface area contributed by atoms with E-state index in [9.17, 15) is 24.5 Å². The van der Waals surface area contributed by atoms with E-state index >= 15 is 0 Å². The average molecular weight is 396 g/mol. The number of amides is 3. The lowest BCUT2D eigenvalue weighted by Gasteiger charge is -2.17. The first-order valence-corrected chi connectivity index (χ1v) is 8.99. The van der Waals surface area contributed by atoms with Gasteiger partial charge in [-0.05, 0) is 37.3 Å². The molecular formula is C20H20N4O5. The predicted octanol–water partition coefficient (Wildman–Crippen LogP) is 2.85. The van der Waals surface area contributed by atoms with E-state index < -0.39 is 10.8 Å². The lowest BCUT2D eigenvalue weighted by Crippen LogP contribution is -2.28. The minimum absolute atomic E-state index is 0.0489. The van der Waals surface area contributed by atoms with Crippen LogP contribution in [0.25, 0.3) is 0 Å². The molecule has 0 aliphatic carbocycles.